The Hall–Kier alpha value is -1.89. The zero-order valence-electron chi connectivity index (χ0n) is 14.5. The number of imidazole rings is 1. The van der Waals surface area contributed by atoms with Gasteiger partial charge in [0.25, 0.3) is 0 Å². The molecule has 0 unspecified atom stereocenters. The van der Waals surface area contributed by atoms with Crippen LogP contribution >= 0.6 is 35.1 Å². The van der Waals surface area contributed by atoms with Gasteiger partial charge in [-0.1, -0.05) is 29.8 Å². The molecule has 2 aromatic heterocycles. The molecule has 138 valence electrons. The number of fused-ring (bicyclic) bond motifs is 1. The molecule has 1 aliphatic rings. The highest BCUT2D eigenvalue weighted by Crippen LogP contribution is 2.44. The van der Waals surface area contributed by atoms with Crippen LogP contribution in [0.2, 0.25) is 5.15 Å². The smallest absolute Gasteiger partial charge is 0.248 e. The van der Waals surface area contributed by atoms with Crippen molar-refractivity contribution in [1.82, 2.24) is 9.38 Å². The SMILES string of the molecule is O=C(/C=C/c1c(Cl)nc2ccccn12)Nc1cccc(C2SCCCS2)c1. The fourth-order valence-electron chi connectivity index (χ4n) is 2.92. The molecular formula is C20H18ClN3OS2. The number of pyridine rings is 1. The lowest BCUT2D eigenvalue weighted by Crippen LogP contribution is -2.08. The molecule has 1 aliphatic heterocycles. The van der Waals surface area contributed by atoms with Gasteiger partial charge in [0.05, 0.1) is 10.3 Å². The van der Waals surface area contributed by atoms with Gasteiger partial charge in [-0.05, 0) is 53.8 Å². The van der Waals surface area contributed by atoms with E-state index in [1.807, 2.05) is 64.5 Å². The molecule has 1 aromatic carbocycles. The first-order chi connectivity index (χ1) is 13.2. The molecule has 3 aromatic rings. The van der Waals surface area contributed by atoms with Gasteiger partial charge < -0.3 is 5.32 Å². The Morgan fingerprint density at radius 3 is 2.93 bits per heavy atom. The number of carbonyl (C=O) groups is 1. The lowest BCUT2D eigenvalue weighted by Gasteiger charge is -2.21. The van der Waals surface area contributed by atoms with E-state index in [1.165, 1.54) is 29.6 Å². The van der Waals surface area contributed by atoms with Crippen molar-refractivity contribution in [3.63, 3.8) is 0 Å². The monoisotopic (exact) mass is 415 g/mol. The van der Waals surface area contributed by atoms with Crippen LogP contribution in [0.15, 0.2) is 54.7 Å². The Kier molecular flexibility index (Phi) is 5.76. The topological polar surface area (TPSA) is 46.4 Å². The maximum absolute atomic E-state index is 12.4. The summed E-state index contributed by atoms with van der Waals surface area (Å²) in [6, 6.07) is 13.8. The lowest BCUT2D eigenvalue weighted by atomic mass is 10.2. The molecule has 27 heavy (non-hydrogen) atoms. The number of amides is 1. The van der Waals surface area contributed by atoms with Crippen LogP contribution in [0.25, 0.3) is 11.7 Å². The predicted octanol–water partition coefficient (Wildman–Crippen LogP) is 5.51. The van der Waals surface area contributed by atoms with E-state index in [2.05, 4.69) is 22.4 Å². The van der Waals surface area contributed by atoms with Gasteiger partial charge in [-0.2, -0.15) is 0 Å². The first kappa shape index (κ1) is 18.5. The molecule has 0 radical (unpaired) electrons. The van der Waals surface area contributed by atoms with E-state index < -0.39 is 0 Å². The third kappa shape index (κ3) is 4.34. The van der Waals surface area contributed by atoms with Crippen molar-refractivity contribution in [2.75, 3.05) is 16.8 Å². The summed E-state index contributed by atoms with van der Waals surface area (Å²) in [6.45, 7) is 0. The van der Waals surface area contributed by atoms with E-state index in [1.54, 1.807) is 6.08 Å². The molecule has 1 N–H and O–H groups in total. The van der Waals surface area contributed by atoms with Gasteiger partial charge >= 0.3 is 0 Å². The Morgan fingerprint density at radius 2 is 2.07 bits per heavy atom. The van der Waals surface area contributed by atoms with Gasteiger partial charge in [-0.25, -0.2) is 4.98 Å². The second-order valence-corrected chi connectivity index (χ2v) is 9.17. The highest BCUT2D eigenvalue weighted by atomic mass is 35.5. The second-order valence-electron chi connectivity index (χ2n) is 6.09. The summed E-state index contributed by atoms with van der Waals surface area (Å²) in [5.41, 5.74) is 3.48. The summed E-state index contributed by atoms with van der Waals surface area (Å²) in [4.78, 5) is 16.6. The number of aromatic nitrogens is 2. The summed E-state index contributed by atoms with van der Waals surface area (Å²) >= 11 is 10.1. The van der Waals surface area contributed by atoms with Crippen molar-refractivity contribution in [3.05, 3.63) is 71.1 Å². The molecule has 0 aliphatic carbocycles. The van der Waals surface area contributed by atoms with E-state index in [0.717, 1.165) is 11.3 Å². The molecule has 1 fully saturated rings. The number of hydrogen-bond acceptors (Lipinski definition) is 4. The van der Waals surface area contributed by atoms with Crippen LogP contribution in [0.3, 0.4) is 0 Å². The Labute approximate surface area is 171 Å². The fourth-order valence-corrected chi connectivity index (χ4v) is 6.03. The first-order valence-corrected chi connectivity index (χ1v) is 11.1. The number of halogens is 1. The molecule has 1 amide bonds. The van der Waals surface area contributed by atoms with Crippen LogP contribution in [-0.2, 0) is 4.79 Å². The van der Waals surface area contributed by atoms with Gasteiger partial charge in [-0.3, -0.25) is 9.20 Å². The highest BCUT2D eigenvalue weighted by molar-refractivity contribution is 8.16. The molecular weight excluding hydrogens is 398 g/mol. The fraction of sp³-hybridized carbons (Fsp3) is 0.200. The zero-order chi connectivity index (χ0) is 18.6. The van der Waals surface area contributed by atoms with Gasteiger partial charge in [-0.15, -0.1) is 23.5 Å². The lowest BCUT2D eigenvalue weighted by molar-refractivity contribution is -0.111. The average molecular weight is 416 g/mol. The quantitative estimate of drug-likeness (QED) is 0.571. The number of carbonyl (C=O) groups excluding carboxylic acids is 1. The molecule has 3 heterocycles. The van der Waals surface area contributed by atoms with Crippen molar-refractivity contribution in [1.29, 1.82) is 0 Å². The third-order valence-corrected chi connectivity index (χ3v) is 7.46. The van der Waals surface area contributed by atoms with Crippen molar-refractivity contribution in [3.8, 4) is 0 Å². The summed E-state index contributed by atoms with van der Waals surface area (Å²) in [5, 5.41) is 3.31. The van der Waals surface area contributed by atoms with Crippen LogP contribution < -0.4 is 5.32 Å². The summed E-state index contributed by atoms with van der Waals surface area (Å²) in [5.74, 6) is 2.19. The van der Waals surface area contributed by atoms with Crippen molar-refractivity contribution < 1.29 is 4.79 Å². The van der Waals surface area contributed by atoms with Crippen LogP contribution in [0.5, 0.6) is 0 Å². The molecule has 0 atom stereocenters. The Balaban J connectivity index is 1.47. The average Bonchev–Trinajstić information content (AvgIpc) is 3.02. The first-order valence-electron chi connectivity index (χ1n) is 8.65. The van der Waals surface area contributed by atoms with Crippen LogP contribution in [0.1, 0.15) is 22.3 Å². The van der Waals surface area contributed by atoms with Gasteiger partial charge in [0, 0.05) is 18.0 Å². The third-order valence-electron chi connectivity index (χ3n) is 4.17. The highest BCUT2D eigenvalue weighted by Gasteiger charge is 2.16. The summed E-state index contributed by atoms with van der Waals surface area (Å²) < 4.78 is 2.30. The van der Waals surface area contributed by atoms with Crippen molar-refractivity contribution in [2.24, 2.45) is 0 Å². The van der Waals surface area contributed by atoms with Crippen molar-refractivity contribution in [2.45, 2.75) is 11.0 Å². The molecule has 4 rings (SSSR count). The maximum Gasteiger partial charge on any atom is 0.248 e. The molecule has 7 heteroatoms. The Morgan fingerprint density at radius 1 is 1.22 bits per heavy atom. The second kappa shape index (κ2) is 8.42. The minimum Gasteiger partial charge on any atom is -0.323 e. The van der Waals surface area contributed by atoms with Crippen molar-refractivity contribution >= 4 is 58.4 Å². The van der Waals surface area contributed by atoms with E-state index >= 15 is 0 Å². The molecule has 1 saturated heterocycles. The van der Waals surface area contributed by atoms with Crippen LogP contribution in [-0.4, -0.2) is 26.8 Å². The maximum atomic E-state index is 12.4. The summed E-state index contributed by atoms with van der Waals surface area (Å²) in [6.07, 6.45) is 6.31. The Bertz CT molecular complexity index is 996. The number of hydrogen-bond donors (Lipinski definition) is 1. The number of nitrogens with one attached hydrogen (secondary N) is 1. The number of anilines is 1. The number of thioether (sulfide) groups is 2. The number of benzene rings is 1. The molecule has 4 nitrogen and oxygen atoms in total. The van der Waals surface area contributed by atoms with Crippen LogP contribution in [0.4, 0.5) is 5.69 Å². The predicted molar refractivity (Wildman–Crippen MR) is 117 cm³/mol. The van der Waals surface area contributed by atoms with E-state index in [0.29, 0.717) is 15.4 Å². The number of rotatable bonds is 4. The van der Waals surface area contributed by atoms with E-state index in [-0.39, 0.29) is 5.91 Å². The normalized spacial score (nSPS) is 15.4. The molecule has 0 bridgehead atoms. The van der Waals surface area contributed by atoms with Gasteiger partial charge in [0.2, 0.25) is 5.91 Å². The standard InChI is InChI=1S/C20H18ClN3OS2/c21-19-16(24-10-2-1-7-17(24)23-19)8-9-18(25)22-15-6-3-5-14(13-15)20-26-11-4-12-27-20/h1-3,5-10,13,20H,4,11-12H2,(H,22,25)/b9-8+. The number of nitrogens with zero attached hydrogens (tertiary/aromatic N) is 2. The molecule has 0 saturated carbocycles. The van der Waals surface area contributed by atoms with E-state index in [4.69, 9.17) is 11.6 Å². The summed E-state index contributed by atoms with van der Waals surface area (Å²) in [7, 11) is 0. The molecule has 0 spiro atoms. The zero-order valence-corrected chi connectivity index (χ0v) is 16.9. The van der Waals surface area contributed by atoms with Gasteiger partial charge in [0.1, 0.15) is 5.65 Å². The minimum absolute atomic E-state index is 0.196. The largest absolute Gasteiger partial charge is 0.323 e. The minimum atomic E-state index is -0.196. The van der Waals surface area contributed by atoms with Gasteiger partial charge in [0.15, 0.2) is 5.15 Å². The van der Waals surface area contributed by atoms with Crippen LogP contribution in [0, 0.1) is 0 Å². The van der Waals surface area contributed by atoms with E-state index in [9.17, 15) is 4.79 Å².